The predicted octanol–water partition coefficient (Wildman–Crippen LogP) is 4.77. The van der Waals surface area contributed by atoms with E-state index in [1.807, 2.05) is 4.57 Å². The average Bonchev–Trinajstić information content (AvgIpc) is 3.64. The maximum atomic E-state index is 14.6. The van der Waals surface area contributed by atoms with Crippen LogP contribution in [-0.2, 0) is 30.4 Å². The summed E-state index contributed by atoms with van der Waals surface area (Å²) in [6.07, 6.45) is -1.91. The molecule has 18 heteroatoms. The molecule has 1 N–H and O–H groups in total. The average molecular weight is 677 g/mol. The van der Waals surface area contributed by atoms with Gasteiger partial charge in [-0.1, -0.05) is 17.7 Å². The number of nitrogens with one attached hydrogen (secondary N) is 1. The number of imidazole rings is 1. The van der Waals surface area contributed by atoms with Gasteiger partial charge in [0.2, 0.25) is 11.6 Å². The third-order valence-corrected chi connectivity index (χ3v) is 8.29. The Bertz CT molecular complexity index is 1910. The predicted molar refractivity (Wildman–Crippen MR) is 155 cm³/mol. The van der Waals surface area contributed by atoms with Crippen LogP contribution in [0.2, 0.25) is 5.02 Å². The van der Waals surface area contributed by atoms with Crippen LogP contribution in [0.1, 0.15) is 42.3 Å². The highest BCUT2D eigenvalue weighted by molar-refractivity contribution is 6.30. The summed E-state index contributed by atoms with van der Waals surface area (Å²) in [5.74, 6) is -1.90. The number of piperidine rings is 1. The molecule has 0 unspecified atom stereocenters. The number of fused-ring (bicyclic) bond motifs is 1. The molecule has 6 heterocycles. The fourth-order valence-corrected chi connectivity index (χ4v) is 5.63. The highest BCUT2D eigenvalue weighted by Gasteiger charge is 2.36. The van der Waals surface area contributed by atoms with E-state index in [-0.39, 0.29) is 46.9 Å². The fraction of sp³-hybridized carbons (Fsp3) is 0.414. The maximum absolute atomic E-state index is 14.6. The van der Waals surface area contributed by atoms with Gasteiger partial charge >= 0.3 is 6.18 Å². The van der Waals surface area contributed by atoms with Crippen molar-refractivity contribution >= 4 is 22.8 Å². The smallest absolute Gasteiger partial charge is 0.451 e. The van der Waals surface area contributed by atoms with E-state index >= 15 is 0 Å². The Morgan fingerprint density at radius 2 is 1.81 bits per heavy atom. The van der Waals surface area contributed by atoms with Crippen LogP contribution in [0.3, 0.4) is 0 Å². The third-order valence-electron chi connectivity index (χ3n) is 8.05. The first-order chi connectivity index (χ1) is 22.6. The van der Waals surface area contributed by atoms with Crippen LogP contribution in [0.25, 0.3) is 22.7 Å². The van der Waals surface area contributed by atoms with Gasteiger partial charge in [0, 0.05) is 31.1 Å². The first kappa shape index (κ1) is 31.3. The molecule has 2 fully saturated rings. The Hall–Kier alpha value is -4.35. The quantitative estimate of drug-likeness (QED) is 0.218. The van der Waals surface area contributed by atoms with Gasteiger partial charge in [-0.15, -0.1) is 20.4 Å². The Labute approximate surface area is 268 Å². The van der Waals surface area contributed by atoms with Crippen LogP contribution in [-0.4, -0.2) is 81.7 Å². The number of ether oxygens (including phenoxy) is 2. The summed E-state index contributed by atoms with van der Waals surface area (Å²) < 4.78 is 81.4. The molecule has 47 heavy (non-hydrogen) atoms. The van der Waals surface area contributed by atoms with Crippen molar-refractivity contribution in [1.82, 2.24) is 49.8 Å². The van der Waals surface area contributed by atoms with Gasteiger partial charge in [-0.05, 0) is 43.0 Å². The molecule has 0 bridgehead atoms. The van der Waals surface area contributed by atoms with Crippen LogP contribution in [0, 0.1) is 11.6 Å². The second kappa shape index (κ2) is 12.7. The summed E-state index contributed by atoms with van der Waals surface area (Å²) in [5, 5.41) is 15.4. The number of hydrogen-bond donors (Lipinski definition) is 1. The standard InChI is InChI=1S/C29H26ClF5N10O2/c30-16-2-1-15(19(31)10-16)9-23-36-12-20(32)27(38-23)47-17-3-6-44(7-4-17)14-24-37-22-11-21(25-39-28(43-41-25)29(33,34)35)40-42-26(22)45(24)13-18-5-8-46-18/h1-2,10-12,17-18H,3-9,13-14H2,(H,39,41,43)/t18-/m0/s1. The second-order valence-electron chi connectivity index (χ2n) is 11.3. The highest BCUT2D eigenvalue weighted by Crippen LogP contribution is 2.29. The van der Waals surface area contributed by atoms with Gasteiger partial charge in [0.1, 0.15) is 34.8 Å². The normalized spacial score (nSPS) is 17.7. The Balaban J connectivity index is 1.03. The number of halogens is 6. The number of hydrogen-bond acceptors (Lipinski definition) is 10. The highest BCUT2D eigenvalue weighted by atomic mass is 35.5. The second-order valence-corrected chi connectivity index (χ2v) is 11.8. The lowest BCUT2D eigenvalue weighted by atomic mass is 10.1. The monoisotopic (exact) mass is 676 g/mol. The molecular weight excluding hydrogens is 651 g/mol. The van der Waals surface area contributed by atoms with E-state index in [0.29, 0.717) is 68.2 Å². The fourth-order valence-electron chi connectivity index (χ4n) is 5.47. The number of aromatic amines is 1. The summed E-state index contributed by atoms with van der Waals surface area (Å²) in [6, 6.07) is 5.81. The lowest BCUT2D eigenvalue weighted by Gasteiger charge is -2.32. The molecule has 12 nitrogen and oxygen atoms in total. The van der Waals surface area contributed by atoms with E-state index in [4.69, 9.17) is 26.1 Å². The van der Waals surface area contributed by atoms with Crippen molar-refractivity contribution in [1.29, 1.82) is 0 Å². The van der Waals surface area contributed by atoms with Gasteiger partial charge in [0.15, 0.2) is 11.5 Å². The van der Waals surface area contributed by atoms with E-state index in [1.54, 1.807) is 6.07 Å². The molecule has 4 aromatic heterocycles. The minimum Gasteiger partial charge on any atom is -0.472 e. The third kappa shape index (κ3) is 6.87. The van der Waals surface area contributed by atoms with Crippen molar-refractivity contribution in [3.8, 4) is 17.4 Å². The van der Waals surface area contributed by atoms with Gasteiger partial charge in [-0.25, -0.2) is 14.4 Å². The molecule has 0 amide bonds. The molecule has 2 aliphatic rings. The largest absolute Gasteiger partial charge is 0.472 e. The van der Waals surface area contributed by atoms with Crippen molar-refractivity contribution in [2.24, 2.45) is 0 Å². The van der Waals surface area contributed by atoms with Crippen LogP contribution in [0.4, 0.5) is 22.0 Å². The Morgan fingerprint density at radius 3 is 2.51 bits per heavy atom. The Kier molecular flexibility index (Phi) is 8.44. The lowest BCUT2D eigenvalue weighted by Crippen LogP contribution is -2.39. The molecule has 0 saturated carbocycles. The van der Waals surface area contributed by atoms with Crippen LogP contribution >= 0.6 is 11.6 Å². The minimum absolute atomic E-state index is 0.0146. The molecule has 0 aliphatic carbocycles. The SMILES string of the molecule is Fc1cc(Cl)ccc1Cc1ncc(F)c(OC2CCN(Cc3nc4cc(-c5nnc(C(F)(F)F)[nH]5)nnc4n3C[C@@H]3CCO3)CC2)n1. The molecule has 2 saturated heterocycles. The number of rotatable bonds is 9. The lowest BCUT2D eigenvalue weighted by molar-refractivity contribution is -0.144. The summed E-state index contributed by atoms with van der Waals surface area (Å²) in [4.78, 5) is 17.3. The van der Waals surface area contributed by atoms with Crippen LogP contribution in [0.5, 0.6) is 5.88 Å². The number of aromatic nitrogens is 9. The van der Waals surface area contributed by atoms with Gasteiger partial charge < -0.3 is 19.0 Å². The zero-order chi connectivity index (χ0) is 32.7. The molecule has 7 rings (SSSR count). The topological polar surface area (TPSA) is 133 Å². The van der Waals surface area contributed by atoms with Crippen molar-refractivity contribution in [2.75, 3.05) is 19.7 Å². The molecule has 246 valence electrons. The minimum atomic E-state index is -4.68. The Morgan fingerprint density at radius 1 is 1.00 bits per heavy atom. The zero-order valence-corrected chi connectivity index (χ0v) is 25.3. The van der Waals surface area contributed by atoms with E-state index in [9.17, 15) is 22.0 Å². The molecule has 1 atom stereocenters. The van der Waals surface area contributed by atoms with E-state index in [0.717, 1.165) is 12.6 Å². The van der Waals surface area contributed by atoms with Gasteiger partial charge in [-0.3, -0.25) is 4.90 Å². The van der Waals surface area contributed by atoms with E-state index < -0.39 is 23.6 Å². The van der Waals surface area contributed by atoms with E-state index in [2.05, 4.69) is 40.2 Å². The van der Waals surface area contributed by atoms with Crippen molar-refractivity contribution in [3.63, 3.8) is 0 Å². The van der Waals surface area contributed by atoms with Gasteiger partial charge in [0.05, 0.1) is 25.4 Å². The summed E-state index contributed by atoms with van der Waals surface area (Å²) in [7, 11) is 0. The van der Waals surface area contributed by atoms with Crippen LogP contribution < -0.4 is 4.74 Å². The molecule has 0 spiro atoms. The molecule has 2 aliphatic heterocycles. The molecule has 0 radical (unpaired) electrons. The summed E-state index contributed by atoms with van der Waals surface area (Å²) in [5.41, 5.74) is 1.32. The first-order valence-electron chi connectivity index (χ1n) is 14.8. The number of alkyl halides is 3. The first-order valence-corrected chi connectivity index (χ1v) is 15.2. The number of likely N-dealkylation sites (tertiary alicyclic amines) is 1. The molecular formula is C29H26ClF5N10O2. The zero-order valence-electron chi connectivity index (χ0n) is 24.5. The van der Waals surface area contributed by atoms with Crippen LogP contribution in [0.15, 0.2) is 30.5 Å². The number of benzene rings is 1. The number of H-pyrrole nitrogens is 1. The summed E-state index contributed by atoms with van der Waals surface area (Å²) >= 11 is 5.83. The number of nitrogens with zero attached hydrogens (tertiary/aromatic N) is 9. The summed E-state index contributed by atoms with van der Waals surface area (Å²) in [6.45, 7) is 2.83. The van der Waals surface area contributed by atoms with E-state index in [1.165, 1.54) is 18.2 Å². The molecule has 1 aromatic carbocycles. The van der Waals surface area contributed by atoms with Crippen molar-refractivity contribution in [3.05, 3.63) is 70.2 Å². The maximum Gasteiger partial charge on any atom is 0.451 e. The van der Waals surface area contributed by atoms with Gasteiger partial charge in [-0.2, -0.15) is 22.5 Å². The van der Waals surface area contributed by atoms with Crippen molar-refractivity contribution in [2.45, 2.75) is 57.2 Å². The van der Waals surface area contributed by atoms with Crippen molar-refractivity contribution < 1.29 is 31.4 Å². The van der Waals surface area contributed by atoms with Gasteiger partial charge in [0.25, 0.3) is 5.88 Å². The molecule has 5 aromatic rings.